The van der Waals surface area contributed by atoms with Gasteiger partial charge in [-0.2, -0.15) is 0 Å². The number of nitrogens with zero attached hydrogens (tertiary/aromatic N) is 2. The number of nitrogens with one attached hydrogen (secondary N) is 2. The predicted molar refractivity (Wildman–Crippen MR) is 63.5 cm³/mol. The molecule has 0 spiro atoms. The number of carbonyl (C=O) groups is 1. The molecule has 7 heteroatoms. The van der Waals surface area contributed by atoms with Gasteiger partial charge in [0.05, 0.1) is 5.25 Å². The Morgan fingerprint density at radius 3 is 3.06 bits per heavy atom. The Bertz CT molecular complexity index is 494. The number of hydrogen-bond acceptors (Lipinski definition) is 5. The van der Waals surface area contributed by atoms with Crippen LogP contribution in [0, 0.1) is 0 Å². The van der Waals surface area contributed by atoms with Gasteiger partial charge in [-0.25, -0.2) is 0 Å². The van der Waals surface area contributed by atoms with E-state index in [9.17, 15) is 4.79 Å². The smallest absolute Gasteiger partial charge is 0.277 e. The van der Waals surface area contributed by atoms with Crippen molar-refractivity contribution >= 4 is 17.7 Å². The average Bonchev–Trinajstić information content (AvgIpc) is 2.97. The van der Waals surface area contributed by atoms with Gasteiger partial charge in [0.15, 0.2) is 0 Å². The van der Waals surface area contributed by atoms with Crippen LogP contribution in [0.25, 0.3) is 11.6 Å². The number of aromatic amines is 1. The van der Waals surface area contributed by atoms with E-state index in [0.717, 1.165) is 5.69 Å². The molecule has 2 N–H and O–H groups in total. The highest BCUT2D eigenvalue weighted by atomic mass is 32.2. The maximum atomic E-state index is 11.3. The van der Waals surface area contributed by atoms with Crippen LogP contribution >= 0.6 is 11.8 Å². The second-order valence-corrected chi connectivity index (χ2v) is 4.62. The van der Waals surface area contributed by atoms with Crippen LogP contribution < -0.4 is 5.32 Å². The van der Waals surface area contributed by atoms with Crippen LogP contribution in [0.4, 0.5) is 0 Å². The van der Waals surface area contributed by atoms with Gasteiger partial charge >= 0.3 is 0 Å². The minimum absolute atomic E-state index is 0.0744. The standard InChI is InChI=1S/C10H12N4O2S/c1-6(8(15)11-2)17-10-14-13-9(16-10)7-4-3-5-12-7/h3-6,12H,1-2H3,(H,11,15). The summed E-state index contributed by atoms with van der Waals surface area (Å²) >= 11 is 1.23. The fraction of sp³-hybridized carbons (Fsp3) is 0.300. The first-order valence-corrected chi connectivity index (χ1v) is 5.94. The van der Waals surface area contributed by atoms with Crippen LogP contribution in [0.1, 0.15) is 6.92 Å². The minimum Gasteiger partial charge on any atom is -0.410 e. The van der Waals surface area contributed by atoms with E-state index < -0.39 is 0 Å². The molecule has 90 valence electrons. The molecule has 17 heavy (non-hydrogen) atoms. The molecular weight excluding hydrogens is 240 g/mol. The molecule has 2 aromatic heterocycles. The topological polar surface area (TPSA) is 83.8 Å². The van der Waals surface area contributed by atoms with Crippen LogP contribution in [-0.2, 0) is 4.79 Å². The monoisotopic (exact) mass is 252 g/mol. The van der Waals surface area contributed by atoms with E-state index in [4.69, 9.17) is 4.42 Å². The molecule has 1 unspecified atom stereocenters. The molecule has 6 nitrogen and oxygen atoms in total. The van der Waals surface area contributed by atoms with Gasteiger partial charge < -0.3 is 14.7 Å². The molecule has 0 aliphatic rings. The highest BCUT2D eigenvalue weighted by Gasteiger charge is 2.17. The molecule has 2 rings (SSSR count). The summed E-state index contributed by atoms with van der Waals surface area (Å²) in [6, 6.07) is 3.68. The van der Waals surface area contributed by atoms with Crippen molar-refractivity contribution in [1.29, 1.82) is 0 Å². The lowest BCUT2D eigenvalue weighted by Crippen LogP contribution is -2.27. The Morgan fingerprint density at radius 2 is 2.41 bits per heavy atom. The van der Waals surface area contributed by atoms with Crippen molar-refractivity contribution in [2.24, 2.45) is 0 Å². The summed E-state index contributed by atoms with van der Waals surface area (Å²) in [5.41, 5.74) is 0.761. The molecule has 0 radical (unpaired) electrons. The molecule has 0 saturated carbocycles. The highest BCUT2D eigenvalue weighted by Crippen LogP contribution is 2.25. The second kappa shape index (κ2) is 5.05. The van der Waals surface area contributed by atoms with E-state index in [1.54, 1.807) is 20.2 Å². The fourth-order valence-corrected chi connectivity index (χ4v) is 1.98. The van der Waals surface area contributed by atoms with E-state index in [1.807, 2.05) is 12.1 Å². The number of hydrogen-bond donors (Lipinski definition) is 2. The lowest BCUT2D eigenvalue weighted by molar-refractivity contribution is -0.119. The number of H-pyrrole nitrogens is 1. The Morgan fingerprint density at radius 1 is 1.59 bits per heavy atom. The molecule has 0 saturated heterocycles. The van der Waals surface area contributed by atoms with Crippen molar-refractivity contribution in [2.45, 2.75) is 17.4 Å². The van der Waals surface area contributed by atoms with E-state index in [1.165, 1.54) is 11.8 Å². The molecule has 1 atom stereocenters. The zero-order chi connectivity index (χ0) is 12.3. The SMILES string of the molecule is CNC(=O)C(C)Sc1nnc(-c2ccc[nH]2)o1. The summed E-state index contributed by atoms with van der Waals surface area (Å²) in [6.07, 6.45) is 1.78. The maximum absolute atomic E-state index is 11.3. The highest BCUT2D eigenvalue weighted by molar-refractivity contribution is 8.00. The van der Waals surface area contributed by atoms with Crippen molar-refractivity contribution in [2.75, 3.05) is 7.05 Å². The molecule has 2 heterocycles. The Hall–Kier alpha value is -1.76. The summed E-state index contributed by atoms with van der Waals surface area (Å²) < 4.78 is 5.42. The van der Waals surface area contributed by atoms with Crippen molar-refractivity contribution < 1.29 is 9.21 Å². The first-order valence-electron chi connectivity index (χ1n) is 5.06. The van der Waals surface area contributed by atoms with Gasteiger partial charge in [0.2, 0.25) is 5.91 Å². The van der Waals surface area contributed by atoms with Gasteiger partial charge in [0.25, 0.3) is 11.1 Å². The molecule has 0 aliphatic heterocycles. The number of aromatic nitrogens is 3. The van der Waals surface area contributed by atoms with E-state index >= 15 is 0 Å². The number of amides is 1. The molecule has 0 fully saturated rings. The van der Waals surface area contributed by atoms with Crippen molar-refractivity contribution in [3.8, 4) is 11.6 Å². The van der Waals surface area contributed by atoms with Gasteiger partial charge in [-0.1, -0.05) is 11.8 Å². The Kier molecular flexibility index (Phi) is 3.48. The summed E-state index contributed by atoms with van der Waals surface area (Å²) in [6.45, 7) is 1.78. The summed E-state index contributed by atoms with van der Waals surface area (Å²) in [5, 5.41) is 10.4. The number of thioether (sulfide) groups is 1. The van der Waals surface area contributed by atoms with Gasteiger partial charge in [0.1, 0.15) is 5.69 Å². The lowest BCUT2D eigenvalue weighted by atomic mass is 10.4. The summed E-state index contributed by atoms with van der Waals surface area (Å²) in [5.74, 6) is 0.344. The van der Waals surface area contributed by atoms with Gasteiger partial charge in [-0.05, 0) is 19.1 Å². The van der Waals surface area contributed by atoms with E-state index in [2.05, 4.69) is 20.5 Å². The number of carbonyl (C=O) groups excluding carboxylic acids is 1. The van der Waals surface area contributed by atoms with Gasteiger partial charge in [0, 0.05) is 13.2 Å². The molecule has 0 aliphatic carbocycles. The third kappa shape index (κ3) is 2.68. The first kappa shape index (κ1) is 11.7. The molecule has 1 amide bonds. The minimum atomic E-state index is -0.267. The molecule has 2 aromatic rings. The third-order valence-electron chi connectivity index (χ3n) is 2.13. The predicted octanol–water partition coefficient (Wildman–Crippen LogP) is 1.29. The maximum Gasteiger partial charge on any atom is 0.277 e. The molecule has 0 aromatic carbocycles. The van der Waals surface area contributed by atoms with Gasteiger partial charge in [-0.3, -0.25) is 4.79 Å². The summed E-state index contributed by atoms with van der Waals surface area (Å²) in [7, 11) is 1.59. The third-order valence-corrected chi connectivity index (χ3v) is 3.06. The van der Waals surface area contributed by atoms with Crippen LogP contribution in [-0.4, -0.2) is 33.4 Å². The van der Waals surface area contributed by atoms with Crippen LogP contribution in [0.15, 0.2) is 28.0 Å². The van der Waals surface area contributed by atoms with Crippen LogP contribution in [0.3, 0.4) is 0 Å². The number of rotatable bonds is 4. The fourth-order valence-electron chi connectivity index (χ4n) is 1.24. The Labute approximate surface area is 102 Å². The quantitative estimate of drug-likeness (QED) is 0.801. The zero-order valence-corrected chi connectivity index (χ0v) is 10.2. The Balaban J connectivity index is 2.06. The lowest BCUT2D eigenvalue weighted by Gasteiger charge is -2.04. The van der Waals surface area contributed by atoms with Gasteiger partial charge in [-0.15, -0.1) is 10.2 Å². The van der Waals surface area contributed by atoms with Crippen LogP contribution in [0.2, 0.25) is 0 Å². The van der Waals surface area contributed by atoms with Crippen molar-refractivity contribution in [3.05, 3.63) is 18.3 Å². The molecular formula is C10H12N4O2S. The summed E-state index contributed by atoms with van der Waals surface area (Å²) in [4.78, 5) is 14.3. The van der Waals surface area contributed by atoms with Crippen LogP contribution in [0.5, 0.6) is 0 Å². The van der Waals surface area contributed by atoms with Crippen molar-refractivity contribution in [3.63, 3.8) is 0 Å². The average molecular weight is 252 g/mol. The largest absolute Gasteiger partial charge is 0.410 e. The van der Waals surface area contributed by atoms with E-state index in [-0.39, 0.29) is 11.2 Å². The van der Waals surface area contributed by atoms with E-state index in [0.29, 0.717) is 11.1 Å². The molecule has 0 bridgehead atoms. The normalized spacial score (nSPS) is 12.4. The first-order chi connectivity index (χ1) is 8.20. The zero-order valence-electron chi connectivity index (χ0n) is 9.43. The second-order valence-electron chi connectivity index (χ2n) is 3.33. The van der Waals surface area contributed by atoms with Crippen molar-refractivity contribution in [1.82, 2.24) is 20.5 Å².